The van der Waals surface area contributed by atoms with Crippen LogP contribution in [0.2, 0.25) is 0 Å². The Balaban J connectivity index is 1.88. The number of imide groups is 1. The maximum atomic E-state index is 12.0. The highest BCUT2D eigenvalue weighted by molar-refractivity contribution is 9.10. The molecule has 0 radical (unpaired) electrons. The van der Waals surface area contributed by atoms with Crippen molar-refractivity contribution in [2.45, 2.75) is 6.92 Å². The molecule has 0 saturated carbocycles. The molecule has 3 rings (SSSR count). The number of rotatable bonds is 3. The Hall–Kier alpha value is -2.34. The summed E-state index contributed by atoms with van der Waals surface area (Å²) < 4.78 is 6.68. The Morgan fingerprint density at radius 3 is 2.77 bits per heavy atom. The zero-order valence-corrected chi connectivity index (χ0v) is 13.4. The number of likely N-dealkylation sites (N-methyl/N-ethyl adjacent to an activating group) is 1. The van der Waals surface area contributed by atoms with Crippen LogP contribution in [0.4, 0.5) is 4.79 Å². The maximum absolute atomic E-state index is 12.0. The topological polar surface area (TPSA) is 62.6 Å². The van der Waals surface area contributed by atoms with Crippen LogP contribution < -0.4 is 5.32 Å². The molecule has 0 spiro atoms. The smallest absolute Gasteiger partial charge is 0.328 e. The monoisotopic (exact) mass is 360 g/mol. The van der Waals surface area contributed by atoms with Crippen molar-refractivity contribution >= 4 is 33.9 Å². The molecule has 112 valence electrons. The molecule has 0 bridgehead atoms. The van der Waals surface area contributed by atoms with Crippen molar-refractivity contribution in [2.75, 3.05) is 6.54 Å². The molecule has 1 fully saturated rings. The van der Waals surface area contributed by atoms with E-state index in [4.69, 9.17) is 4.42 Å². The number of nitrogens with zero attached hydrogens (tertiary/aromatic N) is 1. The molecular formula is C16H13BrN2O3. The lowest BCUT2D eigenvalue weighted by atomic mass is 10.2. The third-order valence-electron chi connectivity index (χ3n) is 3.30. The molecule has 3 amide bonds. The highest BCUT2D eigenvalue weighted by Crippen LogP contribution is 2.26. The van der Waals surface area contributed by atoms with Crippen LogP contribution in [0.3, 0.4) is 0 Å². The van der Waals surface area contributed by atoms with Crippen LogP contribution in [0.1, 0.15) is 12.7 Å². The first-order chi connectivity index (χ1) is 10.6. The predicted octanol–water partition coefficient (Wildman–Crippen LogP) is 3.62. The molecule has 1 aromatic carbocycles. The van der Waals surface area contributed by atoms with Gasteiger partial charge >= 0.3 is 6.03 Å². The van der Waals surface area contributed by atoms with E-state index in [0.29, 0.717) is 18.1 Å². The van der Waals surface area contributed by atoms with Crippen LogP contribution in [-0.2, 0) is 4.79 Å². The van der Waals surface area contributed by atoms with Gasteiger partial charge < -0.3 is 9.73 Å². The van der Waals surface area contributed by atoms with Gasteiger partial charge in [-0.2, -0.15) is 0 Å². The summed E-state index contributed by atoms with van der Waals surface area (Å²) in [5, 5.41) is 2.54. The SMILES string of the molecule is CCN1C(=O)N/C(=C/c2ccc(-c3cccc(Br)c3)o2)C1=O. The lowest BCUT2D eigenvalue weighted by Gasteiger charge is -2.05. The van der Waals surface area contributed by atoms with Gasteiger partial charge in [0.25, 0.3) is 5.91 Å². The van der Waals surface area contributed by atoms with Gasteiger partial charge in [-0.25, -0.2) is 4.79 Å². The second-order valence-electron chi connectivity index (χ2n) is 4.75. The fraction of sp³-hybridized carbons (Fsp3) is 0.125. The average Bonchev–Trinajstić information content (AvgIpc) is 3.05. The summed E-state index contributed by atoms with van der Waals surface area (Å²) in [6.45, 7) is 2.09. The molecule has 1 saturated heterocycles. The number of halogens is 1. The fourth-order valence-electron chi connectivity index (χ4n) is 2.23. The molecule has 0 unspecified atom stereocenters. The van der Waals surface area contributed by atoms with Gasteiger partial charge in [0.15, 0.2) is 0 Å². The van der Waals surface area contributed by atoms with Crippen LogP contribution in [0.25, 0.3) is 17.4 Å². The molecule has 1 N–H and O–H groups in total. The largest absolute Gasteiger partial charge is 0.457 e. The minimum atomic E-state index is -0.405. The van der Waals surface area contributed by atoms with Crippen LogP contribution in [-0.4, -0.2) is 23.4 Å². The summed E-state index contributed by atoms with van der Waals surface area (Å²) in [4.78, 5) is 24.7. The van der Waals surface area contributed by atoms with Crippen molar-refractivity contribution in [3.8, 4) is 11.3 Å². The summed E-state index contributed by atoms with van der Waals surface area (Å²) in [7, 11) is 0. The van der Waals surface area contributed by atoms with Gasteiger partial charge in [-0.05, 0) is 31.2 Å². The molecule has 1 aliphatic heterocycles. The summed E-state index contributed by atoms with van der Waals surface area (Å²) in [6.07, 6.45) is 1.54. The molecule has 1 aromatic heterocycles. The Labute approximate surface area is 135 Å². The van der Waals surface area contributed by atoms with E-state index in [0.717, 1.165) is 14.9 Å². The number of hydrogen-bond donors (Lipinski definition) is 1. The third-order valence-corrected chi connectivity index (χ3v) is 3.79. The Bertz CT molecular complexity index is 779. The number of urea groups is 1. The van der Waals surface area contributed by atoms with Gasteiger partial charge in [0.1, 0.15) is 17.2 Å². The number of amides is 3. The van der Waals surface area contributed by atoms with E-state index >= 15 is 0 Å². The number of carbonyl (C=O) groups is 2. The second-order valence-corrected chi connectivity index (χ2v) is 5.67. The van der Waals surface area contributed by atoms with E-state index in [9.17, 15) is 9.59 Å². The number of hydrogen-bond acceptors (Lipinski definition) is 3. The van der Waals surface area contributed by atoms with Gasteiger partial charge in [-0.3, -0.25) is 9.69 Å². The van der Waals surface area contributed by atoms with E-state index in [-0.39, 0.29) is 11.6 Å². The second kappa shape index (κ2) is 5.81. The molecule has 0 aliphatic carbocycles. The third kappa shape index (κ3) is 2.69. The van der Waals surface area contributed by atoms with Gasteiger partial charge in [0, 0.05) is 22.7 Å². The van der Waals surface area contributed by atoms with Gasteiger partial charge in [-0.15, -0.1) is 0 Å². The standard InChI is InChI=1S/C16H13BrN2O3/c1-2-19-15(20)13(18-16(19)21)9-12-6-7-14(22-12)10-4-3-5-11(17)8-10/h3-9H,2H2,1H3,(H,18,21)/b13-9+. The van der Waals surface area contributed by atoms with E-state index in [1.807, 2.05) is 30.3 Å². The van der Waals surface area contributed by atoms with Gasteiger partial charge in [-0.1, -0.05) is 28.1 Å². The van der Waals surface area contributed by atoms with Gasteiger partial charge in [0.05, 0.1) is 0 Å². The van der Waals surface area contributed by atoms with Crippen LogP contribution in [0.5, 0.6) is 0 Å². The zero-order valence-electron chi connectivity index (χ0n) is 11.8. The lowest BCUT2D eigenvalue weighted by Crippen LogP contribution is -2.30. The first-order valence-electron chi connectivity index (χ1n) is 6.79. The summed E-state index contributed by atoms with van der Waals surface area (Å²) in [5.74, 6) is 0.863. The molecule has 2 heterocycles. The van der Waals surface area contributed by atoms with Crippen molar-refractivity contribution < 1.29 is 14.0 Å². The van der Waals surface area contributed by atoms with Crippen molar-refractivity contribution in [1.82, 2.24) is 10.2 Å². The summed E-state index contributed by atoms with van der Waals surface area (Å²) in [5.41, 5.74) is 1.15. The summed E-state index contributed by atoms with van der Waals surface area (Å²) in [6, 6.07) is 10.9. The average molecular weight is 361 g/mol. The first kappa shape index (κ1) is 14.6. The van der Waals surface area contributed by atoms with Crippen molar-refractivity contribution in [2.24, 2.45) is 0 Å². The normalized spacial score (nSPS) is 16.5. The minimum Gasteiger partial charge on any atom is -0.457 e. The van der Waals surface area contributed by atoms with Crippen molar-refractivity contribution in [3.63, 3.8) is 0 Å². The van der Waals surface area contributed by atoms with E-state index in [2.05, 4.69) is 21.2 Å². The van der Waals surface area contributed by atoms with Crippen LogP contribution >= 0.6 is 15.9 Å². The first-order valence-corrected chi connectivity index (χ1v) is 7.58. The molecular weight excluding hydrogens is 348 g/mol. The minimum absolute atomic E-state index is 0.224. The van der Waals surface area contributed by atoms with Crippen molar-refractivity contribution in [1.29, 1.82) is 0 Å². The number of benzene rings is 1. The predicted molar refractivity (Wildman–Crippen MR) is 85.7 cm³/mol. The lowest BCUT2D eigenvalue weighted by molar-refractivity contribution is -0.122. The van der Waals surface area contributed by atoms with E-state index < -0.39 is 6.03 Å². The van der Waals surface area contributed by atoms with Gasteiger partial charge in [0.2, 0.25) is 0 Å². The quantitative estimate of drug-likeness (QED) is 0.671. The van der Waals surface area contributed by atoms with Crippen LogP contribution in [0, 0.1) is 0 Å². The van der Waals surface area contributed by atoms with E-state index in [1.165, 1.54) is 6.08 Å². The molecule has 6 heteroatoms. The molecule has 5 nitrogen and oxygen atoms in total. The number of carbonyl (C=O) groups excluding carboxylic acids is 2. The highest BCUT2D eigenvalue weighted by Gasteiger charge is 2.32. The Morgan fingerprint density at radius 2 is 2.09 bits per heavy atom. The van der Waals surface area contributed by atoms with Crippen LogP contribution in [0.15, 0.2) is 51.0 Å². The number of nitrogens with one attached hydrogen (secondary N) is 1. The highest BCUT2D eigenvalue weighted by atomic mass is 79.9. The molecule has 1 aliphatic rings. The Kier molecular flexibility index (Phi) is 3.85. The maximum Gasteiger partial charge on any atom is 0.328 e. The Morgan fingerprint density at radius 1 is 1.27 bits per heavy atom. The molecule has 22 heavy (non-hydrogen) atoms. The number of furan rings is 1. The summed E-state index contributed by atoms with van der Waals surface area (Å²) >= 11 is 3.41. The molecule has 2 aromatic rings. The zero-order chi connectivity index (χ0) is 15.7. The van der Waals surface area contributed by atoms with Crippen molar-refractivity contribution in [3.05, 3.63) is 52.3 Å². The molecule has 0 atom stereocenters. The fourth-order valence-corrected chi connectivity index (χ4v) is 2.63. The van der Waals surface area contributed by atoms with E-state index in [1.54, 1.807) is 13.0 Å².